The Morgan fingerprint density at radius 3 is 2.60 bits per heavy atom. The van der Waals surface area contributed by atoms with Crippen LogP contribution in [0, 0.1) is 5.82 Å². The lowest BCUT2D eigenvalue weighted by atomic mass is 10.1. The summed E-state index contributed by atoms with van der Waals surface area (Å²) in [6.07, 6.45) is 2.65. The molecule has 1 heterocycles. The Morgan fingerprint density at radius 1 is 1.07 bits per heavy atom. The lowest BCUT2D eigenvalue weighted by molar-refractivity contribution is 0.625. The van der Waals surface area contributed by atoms with Gasteiger partial charge < -0.3 is 0 Å². The van der Waals surface area contributed by atoms with E-state index in [0.29, 0.717) is 21.2 Å². The second-order valence-electron chi connectivity index (χ2n) is 2.98. The van der Waals surface area contributed by atoms with Crippen LogP contribution in [0.5, 0.6) is 0 Å². The monoisotopic (exact) mass is 241 g/mol. The first-order valence-corrected chi connectivity index (χ1v) is 4.99. The second kappa shape index (κ2) is 4.17. The topological polar surface area (TPSA) is 12.9 Å². The fourth-order valence-electron chi connectivity index (χ4n) is 1.30. The van der Waals surface area contributed by atoms with Gasteiger partial charge in [-0.1, -0.05) is 23.2 Å². The van der Waals surface area contributed by atoms with E-state index in [9.17, 15) is 4.39 Å². The number of hydrogen-bond donors (Lipinski definition) is 0. The number of aromatic nitrogens is 1. The minimum atomic E-state index is -0.415. The number of nitrogens with zero attached hydrogens (tertiary/aromatic N) is 1. The maximum absolute atomic E-state index is 13.4. The number of hydrogen-bond acceptors (Lipinski definition) is 1. The average molecular weight is 242 g/mol. The van der Waals surface area contributed by atoms with Gasteiger partial charge in [-0.2, -0.15) is 0 Å². The van der Waals surface area contributed by atoms with E-state index < -0.39 is 5.82 Å². The van der Waals surface area contributed by atoms with Gasteiger partial charge >= 0.3 is 0 Å². The van der Waals surface area contributed by atoms with E-state index in [1.165, 1.54) is 6.20 Å². The van der Waals surface area contributed by atoms with Crippen molar-refractivity contribution in [2.24, 2.45) is 0 Å². The van der Waals surface area contributed by atoms with Crippen molar-refractivity contribution >= 4 is 23.2 Å². The highest BCUT2D eigenvalue weighted by molar-refractivity contribution is 6.35. The van der Waals surface area contributed by atoms with E-state index >= 15 is 0 Å². The summed E-state index contributed by atoms with van der Waals surface area (Å²) in [7, 11) is 0. The van der Waals surface area contributed by atoms with Crippen LogP contribution in [-0.2, 0) is 0 Å². The molecule has 0 atom stereocenters. The fraction of sp³-hybridized carbons (Fsp3) is 0. The molecule has 0 bridgehead atoms. The standard InChI is InChI=1S/C11H6Cl2FN/c12-7-1-2-10(13)9(5-7)8-3-4-15-6-11(8)14/h1-6H. The normalized spacial score (nSPS) is 10.3. The van der Waals surface area contributed by atoms with Gasteiger partial charge in [-0.15, -0.1) is 0 Å². The Balaban J connectivity index is 2.64. The second-order valence-corrected chi connectivity index (χ2v) is 3.82. The zero-order chi connectivity index (χ0) is 10.8. The average Bonchev–Trinajstić information content (AvgIpc) is 2.23. The molecule has 0 unspecified atom stereocenters. The van der Waals surface area contributed by atoms with Crippen LogP contribution in [-0.4, -0.2) is 4.98 Å². The smallest absolute Gasteiger partial charge is 0.149 e. The van der Waals surface area contributed by atoms with E-state index in [0.717, 1.165) is 6.20 Å². The van der Waals surface area contributed by atoms with Gasteiger partial charge in [0.15, 0.2) is 0 Å². The summed E-state index contributed by atoms with van der Waals surface area (Å²) in [4.78, 5) is 3.67. The minimum absolute atomic E-state index is 0.400. The van der Waals surface area contributed by atoms with Crippen molar-refractivity contribution in [2.75, 3.05) is 0 Å². The molecule has 0 aliphatic heterocycles. The molecule has 0 saturated heterocycles. The first kappa shape index (κ1) is 10.4. The predicted octanol–water partition coefficient (Wildman–Crippen LogP) is 4.19. The molecule has 76 valence electrons. The first-order valence-electron chi connectivity index (χ1n) is 4.23. The van der Waals surface area contributed by atoms with E-state index in [1.54, 1.807) is 24.3 Å². The van der Waals surface area contributed by atoms with Crippen molar-refractivity contribution in [3.63, 3.8) is 0 Å². The van der Waals surface area contributed by atoms with Crippen LogP contribution >= 0.6 is 23.2 Å². The Bertz CT molecular complexity index is 500. The predicted molar refractivity (Wildman–Crippen MR) is 59.7 cm³/mol. The van der Waals surface area contributed by atoms with Gasteiger partial charge in [-0.25, -0.2) is 4.39 Å². The van der Waals surface area contributed by atoms with Crippen molar-refractivity contribution < 1.29 is 4.39 Å². The van der Waals surface area contributed by atoms with Gasteiger partial charge in [0, 0.05) is 27.4 Å². The third-order valence-corrected chi connectivity index (χ3v) is 2.56. The Hall–Kier alpha value is -1.12. The van der Waals surface area contributed by atoms with Gasteiger partial charge in [0.2, 0.25) is 0 Å². The van der Waals surface area contributed by atoms with Crippen LogP contribution < -0.4 is 0 Å². The molecule has 1 nitrogen and oxygen atoms in total. The summed E-state index contributed by atoms with van der Waals surface area (Å²) in [5.74, 6) is -0.415. The third-order valence-electron chi connectivity index (χ3n) is 1.99. The Morgan fingerprint density at radius 2 is 1.87 bits per heavy atom. The molecule has 2 rings (SSSR count). The highest BCUT2D eigenvalue weighted by Crippen LogP contribution is 2.31. The summed E-state index contributed by atoms with van der Waals surface area (Å²) in [6.45, 7) is 0. The molecule has 4 heteroatoms. The molecule has 15 heavy (non-hydrogen) atoms. The summed E-state index contributed by atoms with van der Waals surface area (Å²) < 4.78 is 13.4. The molecule has 0 N–H and O–H groups in total. The summed E-state index contributed by atoms with van der Waals surface area (Å²) in [5.41, 5.74) is 0.974. The molecule has 0 amide bonds. The lowest BCUT2D eigenvalue weighted by Crippen LogP contribution is -1.86. The van der Waals surface area contributed by atoms with Gasteiger partial charge in [-0.3, -0.25) is 4.98 Å². The number of benzene rings is 1. The molecule has 0 saturated carbocycles. The van der Waals surface area contributed by atoms with E-state index in [2.05, 4.69) is 4.98 Å². The van der Waals surface area contributed by atoms with Crippen molar-refractivity contribution in [2.45, 2.75) is 0 Å². The zero-order valence-corrected chi connectivity index (χ0v) is 9.06. The van der Waals surface area contributed by atoms with Gasteiger partial charge in [0.1, 0.15) is 5.82 Å². The van der Waals surface area contributed by atoms with Gasteiger partial charge in [0.25, 0.3) is 0 Å². The van der Waals surface area contributed by atoms with Crippen molar-refractivity contribution in [1.29, 1.82) is 0 Å². The van der Waals surface area contributed by atoms with Crippen LogP contribution in [0.25, 0.3) is 11.1 Å². The summed E-state index contributed by atoms with van der Waals surface area (Å²) >= 11 is 11.8. The van der Waals surface area contributed by atoms with Gasteiger partial charge in [0.05, 0.1) is 6.20 Å². The minimum Gasteiger partial charge on any atom is -0.262 e. The van der Waals surface area contributed by atoms with Crippen LogP contribution in [0.2, 0.25) is 10.0 Å². The maximum atomic E-state index is 13.4. The SMILES string of the molecule is Fc1cnccc1-c1cc(Cl)ccc1Cl. The molecule has 2 aromatic rings. The molecule has 0 spiro atoms. The molecule has 0 aliphatic rings. The van der Waals surface area contributed by atoms with Crippen LogP contribution in [0.1, 0.15) is 0 Å². The summed E-state index contributed by atoms with van der Waals surface area (Å²) in [5, 5.41) is 0.982. The molecule has 0 radical (unpaired) electrons. The molecular weight excluding hydrogens is 236 g/mol. The number of rotatable bonds is 1. The van der Waals surface area contributed by atoms with Crippen molar-refractivity contribution in [3.05, 3.63) is 52.5 Å². The number of halogens is 3. The molecule has 1 aromatic carbocycles. The lowest BCUT2D eigenvalue weighted by Gasteiger charge is -2.05. The zero-order valence-electron chi connectivity index (χ0n) is 7.55. The first-order chi connectivity index (χ1) is 7.18. The maximum Gasteiger partial charge on any atom is 0.149 e. The van der Waals surface area contributed by atoms with Crippen LogP contribution in [0.3, 0.4) is 0 Å². The summed E-state index contributed by atoms with van der Waals surface area (Å²) in [6, 6.07) is 6.49. The molecular formula is C11H6Cl2FN. The molecule has 1 aromatic heterocycles. The molecule has 0 fully saturated rings. The Labute approximate surface area is 96.5 Å². The molecule has 0 aliphatic carbocycles. The number of pyridine rings is 1. The van der Waals surface area contributed by atoms with E-state index in [1.807, 2.05) is 0 Å². The van der Waals surface area contributed by atoms with Crippen molar-refractivity contribution in [3.8, 4) is 11.1 Å². The Kier molecular flexibility index (Phi) is 2.89. The van der Waals surface area contributed by atoms with E-state index in [-0.39, 0.29) is 0 Å². The van der Waals surface area contributed by atoms with E-state index in [4.69, 9.17) is 23.2 Å². The fourth-order valence-corrected chi connectivity index (χ4v) is 1.69. The van der Waals surface area contributed by atoms with Crippen molar-refractivity contribution in [1.82, 2.24) is 4.98 Å². The largest absolute Gasteiger partial charge is 0.262 e. The van der Waals surface area contributed by atoms with Crippen LogP contribution in [0.4, 0.5) is 4.39 Å². The van der Waals surface area contributed by atoms with Crippen LogP contribution in [0.15, 0.2) is 36.7 Å². The highest BCUT2D eigenvalue weighted by Gasteiger charge is 2.08. The van der Waals surface area contributed by atoms with Gasteiger partial charge in [-0.05, 0) is 24.3 Å². The highest BCUT2D eigenvalue weighted by atomic mass is 35.5. The third kappa shape index (κ3) is 2.11. The quantitative estimate of drug-likeness (QED) is 0.730.